The summed E-state index contributed by atoms with van der Waals surface area (Å²) in [4.78, 5) is 0. The molecule has 0 heterocycles. The van der Waals surface area contributed by atoms with Gasteiger partial charge < -0.3 is 18.1 Å². The van der Waals surface area contributed by atoms with Crippen molar-refractivity contribution >= 4 is 22.1 Å². The van der Waals surface area contributed by atoms with Crippen molar-refractivity contribution in [1.82, 2.24) is 0 Å². The summed E-state index contributed by atoms with van der Waals surface area (Å²) >= 11 is 0. The van der Waals surface area contributed by atoms with E-state index in [1.807, 2.05) is 0 Å². The molecule has 0 bridgehead atoms. The van der Waals surface area contributed by atoms with Gasteiger partial charge in [-0.25, -0.2) is 0 Å². The van der Waals surface area contributed by atoms with E-state index < -0.39 is 16.8 Å². The van der Waals surface area contributed by atoms with Gasteiger partial charge in [0, 0.05) is 22.3 Å². The van der Waals surface area contributed by atoms with Crippen molar-refractivity contribution in [1.29, 1.82) is 0 Å². The molecule has 0 saturated carbocycles. The monoisotopic (exact) mass is 1100 g/mol. The summed E-state index contributed by atoms with van der Waals surface area (Å²) in [5, 5.41) is 1.01. The summed E-state index contributed by atoms with van der Waals surface area (Å²) in [5.74, 6) is 3.53. The quantitative estimate of drug-likeness (QED) is 0.114. The third kappa shape index (κ3) is 15.5. The molecule has 6 aromatic rings. The van der Waals surface area contributed by atoms with E-state index in [2.05, 4.69) is 291 Å². The first-order valence-corrected chi connectivity index (χ1v) is 31.5. The van der Waals surface area contributed by atoms with Gasteiger partial charge in [0.15, 0.2) is 0 Å². The Morgan fingerprint density at radius 3 is 0.747 bits per heavy atom. The van der Waals surface area contributed by atoms with Crippen molar-refractivity contribution in [3.8, 4) is 34.1 Å². The van der Waals surface area contributed by atoms with Gasteiger partial charge in [-0.15, -0.1) is 0 Å². The van der Waals surface area contributed by atoms with E-state index in [0.29, 0.717) is 6.16 Å². The van der Waals surface area contributed by atoms with Crippen molar-refractivity contribution in [3.63, 3.8) is 0 Å². The van der Waals surface area contributed by atoms with Gasteiger partial charge in [-0.2, -0.15) is 0 Å². The molecule has 0 spiro atoms. The second-order valence-electron chi connectivity index (χ2n) is 31.0. The number of aryl methyl sites for hydroxylation is 4. The molecule has 0 aliphatic rings. The molecule has 0 aliphatic heterocycles. The molecule has 79 heavy (non-hydrogen) atoms. The molecule has 0 amide bonds. The van der Waals surface area contributed by atoms with E-state index in [1.54, 1.807) is 0 Å². The van der Waals surface area contributed by atoms with Crippen LogP contribution in [-0.2, 0) is 49.5 Å². The SMILES string of the molecule is Cc1cc(OP(Cc2ccc(-c3ccc(P(Oc4cc(C)c(C(C)(C)C)cc4C(C)(C)C)Oc4cc(C)c(C(C)(C)C)cc4C(C)(C)C)cc3)cc2)Oc2cc(C)c(C(C)(C)C)cc2C(C)(C)C)c(C(C)(C)C)cc1C(C)(C)C. The maximum absolute atomic E-state index is 7.33. The van der Waals surface area contributed by atoms with E-state index >= 15 is 0 Å². The predicted molar refractivity (Wildman–Crippen MR) is 346 cm³/mol. The zero-order chi connectivity index (χ0) is 59.6. The molecule has 428 valence electrons. The lowest BCUT2D eigenvalue weighted by atomic mass is 9.78. The van der Waals surface area contributed by atoms with Crippen LogP contribution in [0.1, 0.15) is 238 Å². The summed E-state index contributed by atoms with van der Waals surface area (Å²) in [6.45, 7) is 63.7. The van der Waals surface area contributed by atoms with Gasteiger partial charge in [0.25, 0.3) is 8.38 Å². The highest BCUT2D eigenvalue weighted by atomic mass is 31.2. The van der Waals surface area contributed by atoms with Crippen LogP contribution in [0.4, 0.5) is 0 Å². The maximum atomic E-state index is 7.33. The average molecular weight is 1110 g/mol. The van der Waals surface area contributed by atoms with Crippen LogP contribution in [0.2, 0.25) is 0 Å². The summed E-state index contributed by atoms with van der Waals surface area (Å²) in [5.41, 5.74) is 17.7. The van der Waals surface area contributed by atoms with Crippen molar-refractivity contribution in [2.45, 2.75) is 243 Å². The van der Waals surface area contributed by atoms with Gasteiger partial charge >= 0.3 is 8.38 Å². The maximum Gasteiger partial charge on any atom is 0.326 e. The standard InChI is InChI=1S/C73H102O4P2/c1-46-37-62(58(70(17,18)19)41-54(46)66(5,6)7)74-78(75-63-38-47(2)55(67(8,9)10)42-59(63)71(20,21)22)45-50-29-31-51(32-30-50)52-33-35-53(36-34-52)79(76-64-39-48(3)56(68(11,12)13)43-60(64)72(23,24)25)77-65-40-49(4)57(69(14,15)16)44-61(65)73(26,27)28/h29-44H,45H2,1-28H3. The Morgan fingerprint density at radius 2 is 0.506 bits per heavy atom. The Hall–Kier alpha value is -4.62. The van der Waals surface area contributed by atoms with Crippen molar-refractivity contribution in [2.24, 2.45) is 0 Å². The Balaban J connectivity index is 1.42. The van der Waals surface area contributed by atoms with Gasteiger partial charge in [-0.05, 0) is 169 Å². The summed E-state index contributed by atoms with van der Waals surface area (Å²) in [6, 6.07) is 36.3. The minimum atomic E-state index is -1.64. The first kappa shape index (κ1) is 63.6. The normalized spacial score (nSPS) is 13.3. The van der Waals surface area contributed by atoms with Crippen LogP contribution >= 0.6 is 16.8 Å². The topological polar surface area (TPSA) is 36.9 Å². The Labute approximate surface area is 484 Å². The Kier molecular flexibility index (Phi) is 18.2. The lowest BCUT2D eigenvalue weighted by Gasteiger charge is -2.32. The molecule has 6 heteroatoms. The minimum absolute atomic E-state index is 0.00738. The fourth-order valence-electron chi connectivity index (χ4n) is 10.9. The molecule has 0 N–H and O–H groups in total. The van der Waals surface area contributed by atoms with E-state index in [0.717, 1.165) is 45.0 Å². The molecular formula is C73H102O4P2. The van der Waals surface area contributed by atoms with Gasteiger partial charge in [-0.3, -0.25) is 0 Å². The average Bonchev–Trinajstić information content (AvgIpc) is 3.26. The molecule has 0 radical (unpaired) electrons. The molecule has 4 nitrogen and oxygen atoms in total. The van der Waals surface area contributed by atoms with E-state index in [1.165, 1.54) is 66.8 Å². The third-order valence-corrected chi connectivity index (χ3v) is 18.1. The second kappa shape index (κ2) is 22.6. The first-order chi connectivity index (χ1) is 35.8. The molecular weight excluding hydrogens is 1000 g/mol. The molecule has 0 aliphatic carbocycles. The molecule has 0 fully saturated rings. The lowest BCUT2D eigenvalue weighted by molar-refractivity contribution is 0.456. The molecule has 0 aromatic heterocycles. The molecule has 0 atom stereocenters. The molecule has 6 rings (SSSR count). The van der Waals surface area contributed by atoms with Crippen LogP contribution in [0, 0.1) is 27.7 Å². The van der Waals surface area contributed by atoms with Gasteiger partial charge in [0.1, 0.15) is 23.0 Å². The zero-order valence-corrected chi connectivity index (χ0v) is 56.3. The molecule has 0 saturated heterocycles. The fourth-order valence-corrected chi connectivity index (χ4v) is 13.7. The second-order valence-corrected chi connectivity index (χ2v) is 33.8. The van der Waals surface area contributed by atoms with Crippen molar-refractivity contribution in [2.75, 3.05) is 0 Å². The highest BCUT2D eigenvalue weighted by Gasteiger charge is 2.34. The number of rotatable bonds is 12. The van der Waals surface area contributed by atoms with Crippen molar-refractivity contribution in [3.05, 3.63) is 169 Å². The van der Waals surface area contributed by atoms with Crippen molar-refractivity contribution < 1.29 is 18.1 Å². The van der Waals surface area contributed by atoms with Crippen LogP contribution in [0.15, 0.2) is 97.1 Å². The van der Waals surface area contributed by atoms with E-state index in [4.69, 9.17) is 18.1 Å². The van der Waals surface area contributed by atoms with Crippen LogP contribution in [0.3, 0.4) is 0 Å². The van der Waals surface area contributed by atoms with Crippen LogP contribution in [0.25, 0.3) is 11.1 Å². The summed E-state index contributed by atoms with van der Waals surface area (Å²) < 4.78 is 29.2. The summed E-state index contributed by atoms with van der Waals surface area (Å²) in [6.07, 6.45) is 0.611. The highest BCUT2D eigenvalue weighted by molar-refractivity contribution is 7.56. The molecule has 6 aromatic carbocycles. The zero-order valence-electron chi connectivity index (χ0n) is 54.5. The fraction of sp³-hybridized carbons (Fsp3) is 0.507. The van der Waals surface area contributed by atoms with E-state index in [9.17, 15) is 0 Å². The smallest absolute Gasteiger partial charge is 0.326 e. The Bertz CT molecular complexity index is 2950. The van der Waals surface area contributed by atoms with Gasteiger partial charge in [-0.1, -0.05) is 227 Å². The summed E-state index contributed by atoms with van der Waals surface area (Å²) in [7, 11) is -3.14. The van der Waals surface area contributed by atoms with Crippen LogP contribution < -0.4 is 23.4 Å². The van der Waals surface area contributed by atoms with Gasteiger partial charge in [0.2, 0.25) is 0 Å². The number of hydrogen-bond acceptors (Lipinski definition) is 4. The lowest BCUT2D eigenvalue weighted by Crippen LogP contribution is -2.21. The molecule has 0 unspecified atom stereocenters. The van der Waals surface area contributed by atoms with E-state index in [-0.39, 0.29) is 43.3 Å². The van der Waals surface area contributed by atoms with Crippen LogP contribution in [-0.4, -0.2) is 0 Å². The van der Waals surface area contributed by atoms with Crippen LogP contribution in [0.5, 0.6) is 23.0 Å². The highest BCUT2D eigenvalue weighted by Crippen LogP contribution is 2.52. The number of hydrogen-bond donors (Lipinski definition) is 0. The first-order valence-electron chi connectivity index (χ1n) is 29.0. The Morgan fingerprint density at radius 1 is 0.278 bits per heavy atom. The minimum Gasteiger partial charge on any atom is -0.438 e. The largest absolute Gasteiger partial charge is 0.438 e. The predicted octanol–water partition coefficient (Wildman–Crippen LogP) is 22.0. The number of benzene rings is 6. The van der Waals surface area contributed by atoms with Gasteiger partial charge in [0.05, 0.1) is 11.5 Å². The third-order valence-electron chi connectivity index (χ3n) is 15.2.